The Morgan fingerprint density at radius 2 is 1.85 bits per heavy atom. The maximum atomic E-state index is 10.7. The first-order valence-corrected chi connectivity index (χ1v) is 4.20. The van der Waals surface area contributed by atoms with E-state index in [1.807, 2.05) is 0 Å². The fourth-order valence-electron chi connectivity index (χ4n) is 1.39. The monoisotopic (exact) mass is 204 g/mol. The predicted octanol–water partition coefficient (Wildman–Crippen LogP) is 1.30. The number of hydrogen-bond acceptors (Lipinski definition) is 2. The smallest absolute Gasteiger partial charge is 0.307 e. The number of halogens is 1. The van der Waals surface area contributed by atoms with Gasteiger partial charge in [0.2, 0.25) is 0 Å². The maximum Gasteiger partial charge on any atom is 0.307 e. The number of carbonyl (C=O) groups is 2. The first-order valence-electron chi connectivity index (χ1n) is 3.82. The van der Waals surface area contributed by atoms with Gasteiger partial charge in [0, 0.05) is 5.03 Å². The molecule has 0 aromatic heterocycles. The Kier molecular flexibility index (Phi) is 2.93. The first kappa shape index (κ1) is 10.1. The SMILES string of the molecule is O=C(O)[C@H]1CC=C(Cl)C[C@@H]1C(=O)O. The molecule has 0 aromatic carbocycles. The fraction of sp³-hybridized carbons (Fsp3) is 0.500. The molecule has 1 rings (SSSR count). The van der Waals surface area contributed by atoms with Gasteiger partial charge < -0.3 is 10.2 Å². The van der Waals surface area contributed by atoms with Crippen molar-refractivity contribution in [2.24, 2.45) is 11.8 Å². The van der Waals surface area contributed by atoms with Crippen molar-refractivity contribution in [1.29, 1.82) is 0 Å². The molecule has 0 aromatic rings. The van der Waals surface area contributed by atoms with Gasteiger partial charge in [-0.25, -0.2) is 0 Å². The molecule has 0 amide bonds. The van der Waals surface area contributed by atoms with Crippen LogP contribution in [0.2, 0.25) is 0 Å². The number of aliphatic carboxylic acids is 2. The van der Waals surface area contributed by atoms with Crippen molar-refractivity contribution in [2.45, 2.75) is 12.8 Å². The van der Waals surface area contributed by atoms with Crippen LogP contribution in [0.5, 0.6) is 0 Å². The molecule has 0 unspecified atom stereocenters. The van der Waals surface area contributed by atoms with Crippen molar-refractivity contribution in [1.82, 2.24) is 0 Å². The third-order valence-corrected chi connectivity index (χ3v) is 2.44. The van der Waals surface area contributed by atoms with Crippen LogP contribution >= 0.6 is 11.6 Å². The molecule has 1 aliphatic rings. The largest absolute Gasteiger partial charge is 0.481 e. The van der Waals surface area contributed by atoms with E-state index in [0.29, 0.717) is 5.03 Å². The number of allylic oxidation sites excluding steroid dienone is 2. The van der Waals surface area contributed by atoms with Crippen LogP contribution in [0.1, 0.15) is 12.8 Å². The topological polar surface area (TPSA) is 74.6 Å². The quantitative estimate of drug-likeness (QED) is 0.711. The third kappa shape index (κ3) is 2.21. The van der Waals surface area contributed by atoms with Gasteiger partial charge in [0.05, 0.1) is 11.8 Å². The number of carboxylic acids is 2. The lowest BCUT2D eigenvalue weighted by atomic mass is 9.83. The van der Waals surface area contributed by atoms with E-state index in [2.05, 4.69) is 0 Å². The van der Waals surface area contributed by atoms with Gasteiger partial charge in [-0.1, -0.05) is 17.7 Å². The van der Waals surface area contributed by atoms with Gasteiger partial charge in [-0.05, 0) is 12.8 Å². The van der Waals surface area contributed by atoms with Crippen molar-refractivity contribution >= 4 is 23.5 Å². The van der Waals surface area contributed by atoms with Gasteiger partial charge in [-0.2, -0.15) is 0 Å². The zero-order valence-electron chi connectivity index (χ0n) is 6.74. The summed E-state index contributed by atoms with van der Waals surface area (Å²) in [6.07, 6.45) is 1.89. The summed E-state index contributed by atoms with van der Waals surface area (Å²) < 4.78 is 0. The van der Waals surface area contributed by atoms with E-state index in [1.54, 1.807) is 6.08 Å². The number of carboxylic acid groups (broad SMARTS) is 2. The zero-order valence-corrected chi connectivity index (χ0v) is 7.49. The third-order valence-electron chi connectivity index (χ3n) is 2.13. The van der Waals surface area contributed by atoms with E-state index in [4.69, 9.17) is 21.8 Å². The summed E-state index contributed by atoms with van der Waals surface area (Å²) in [5.74, 6) is -3.92. The molecular formula is C8H9ClO4. The van der Waals surface area contributed by atoms with Crippen molar-refractivity contribution in [3.8, 4) is 0 Å². The Bertz CT molecular complexity index is 271. The lowest BCUT2D eigenvalue weighted by Gasteiger charge is -2.22. The average Bonchev–Trinajstić information content (AvgIpc) is 2.03. The standard InChI is InChI=1S/C8H9ClO4/c9-4-1-2-5(7(10)11)6(3-4)8(12)13/h1,5-6H,2-3H2,(H,10,11)(H,12,13)/t5-,6-/m0/s1. The van der Waals surface area contributed by atoms with E-state index in [1.165, 1.54) is 0 Å². The summed E-state index contributed by atoms with van der Waals surface area (Å²) in [6, 6.07) is 0. The molecule has 5 heteroatoms. The molecule has 4 nitrogen and oxygen atoms in total. The maximum absolute atomic E-state index is 10.7. The second-order valence-electron chi connectivity index (χ2n) is 2.98. The predicted molar refractivity (Wildman–Crippen MR) is 45.4 cm³/mol. The molecule has 2 N–H and O–H groups in total. The van der Waals surface area contributed by atoms with Crippen molar-refractivity contribution in [3.63, 3.8) is 0 Å². The highest BCUT2D eigenvalue weighted by Crippen LogP contribution is 2.31. The Morgan fingerprint density at radius 1 is 1.31 bits per heavy atom. The minimum Gasteiger partial charge on any atom is -0.481 e. The van der Waals surface area contributed by atoms with Crippen LogP contribution in [-0.2, 0) is 9.59 Å². The average molecular weight is 205 g/mol. The van der Waals surface area contributed by atoms with E-state index < -0.39 is 23.8 Å². The molecular weight excluding hydrogens is 196 g/mol. The Labute approximate surface area is 79.8 Å². The number of hydrogen-bond donors (Lipinski definition) is 2. The number of rotatable bonds is 2. The Morgan fingerprint density at radius 3 is 2.31 bits per heavy atom. The second-order valence-corrected chi connectivity index (χ2v) is 3.47. The van der Waals surface area contributed by atoms with Crippen molar-refractivity contribution in [2.75, 3.05) is 0 Å². The molecule has 72 valence electrons. The van der Waals surface area contributed by atoms with E-state index in [9.17, 15) is 9.59 Å². The fourth-order valence-corrected chi connectivity index (χ4v) is 1.64. The first-order chi connectivity index (χ1) is 6.02. The highest BCUT2D eigenvalue weighted by atomic mass is 35.5. The van der Waals surface area contributed by atoms with Gasteiger partial charge >= 0.3 is 11.9 Å². The molecule has 0 fully saturated rings. The minimum atomic E-state index is -1.10. The molecule has 0 heterocycles. The molecule has 0 saturated heterocycles. The lowest BCUT2D eigenvalue weighted by molar-refractivity contribution is -0.153. The van der Waals surface area contributed by atoms with Crippen LogP contribution in [0.25, 0.3) is 0 Å². The van der Waals surface area contributed by atoms with Gasteiger partial charge in [0.15, 0.2) is 0 Å². The molecule has 0 bridgehead atoms. The van der Waals surface area contributed by atoms with Gasteiger partial charge in [-0.3, -0.25) is 9.59 Å². The van der Waals surface area contributed by atoms with Crippen LogP contribution in [0.3, 0.4) is 0 Å². The van der Waals surface area contributed by atoms with Crippen LogP contribution in [-0.4, -0.2) is 22.2 Å². The van der Waals surface area contributed by atoms with Gasteiger partial charge in [-0.15, -0.1) is 0 Å². The summed E-state index contributed by atoms with van der Waals surface area (Å²) in [7, 11) is 0. The molecule has 0 aliphatic heterocycles. The highest BCUT2D eigenvalue weighted by Gasteiger charge is 2.35. The summed E-state index contributed by atoms with van der Waals surface area (Å²) in [6.45, 7) is 0. The zero-order chi connectivity index (χ0) is 10.0. The Hall–Kier alpha value is -1.03. The molecule has 0 radical (unpaired) electrons. The molecule has 0 saturated carbocycles. The van der Waals surface area contributed by atoms with Gasteiger partial charge in [0.1, 0.15) is 0 Å². The van der Waals surface area contributed by atoms with Crippen molar-refractivity contribution < 1.29 is 19.8 Å². The molecule has 2 atom stereocenters. The summed E-state index contributed by atoms with van der Waals surface area (Å²) >= 11 is 5.63. The van der Waals surface area contributed by atoms with E-state index in [-0.39, 0.29) is 12.8 Å². The highest BCUT2D eigenvalue weighted by molar-refractivity contribution is 6.29. The van der Waals surface area contributed by atoms with E-state index in [0.717, 1.165) is 0 Å². The molecule has 0 spiro atoms. The summed E-state index contributed by atoms with van der Waals surface area (Å²) in [4.78, 5) is 21.3. The normalized spacial score (nSPS) is 27.9. The van der Waals surface area contributed by atoms with Crippen LogP contribution in [0.4, 0.5) is 0 Å². The van der Waals surface area contributed by atoms with Gasteiger partial charge in [0.25, 0.3) is 0 Å². The van der Waals surface area contributed by atoms with Crippen LogP contribution in [0, 0.1) is 11.8 Å². The van der Waals surface area contributed by atoms with Crippen molar-refractivity contribution in [3.05, 3.63) is 11.1 Å². The van der Waals surface area contributed by atoms with E-state index >= 15 is 0 Å². The van der Waals surface area contributed by atoms with Crippen LogP contribution in [0.15, 0.2) is 11.1 Å². The molecule has 1 aliphatic carbocycles. The summed E-state index contributed by atoms with van der Waals surface area (Å²) in [5.41, 5.74) is 0. The lowest BCUT2D eigenvalue weighted by Crippen LogP contribution is -2.31. The second kappa shape index (κ2) is 3.79. The van der Waals surface area contributed by atoms with Crippen LogP contribution < -0.4 is 0 Å². The minimum absolute atomic E-state index is 0.119. The summed E-state index contributed by atoms with van der Waals surface area (Å²) in [5, 5.41) is 17.9. The Balaban J connectivity index is 2.83. The molecule has 13 heavy (non-hydrogen) atoms.